The van der Waals surface area contributed by atoms with E-state index in [-0.39, 0.29) is 0 Å². The Morgan fingerprint density at radius 1 is 1.33 bits per heavy atom. The molecular weight excluding hydrogens is 108 g/mol. The Morgan fingerprint density at radius 3 is 2.33 bits per heavy atom. The van der Waals surface area contributed by atoms with Crippen molar-refractivity contribution in [3.8, 4) is 0 Å². The number of hydrogen-bond donors (Lipinski definition) is 0. The van der Waals surface area contributed by atoms with Crippen molar-refractivity contribution in [1.29, 1.82) is 0 Å². The second kappa shape index (κ2) is 1.62. The predicted octanol–water partition coefficient (Wildman–Crippen LogP) is 2.28. The van der Waals surface area contributed by atoms with Crippen LogP contribution in [-0.2, 0) is 0 Å². The first kappa shape index (κ1) is 5.52. The summed E-state index contributed by atoms with van der Waals surface area (Å²) in [4.78, 5) is 0. The first-order valence-electron chi connectivity index (χ1n) is 3.80. The minimum Gasteiger partial charge on any atom is -0.0848 e. The van der Waals surface area contributed by atoms with Crippen LogP contribution in [0.5, 0.6) is 0 Å². The van der Waals surface area contributed by atoms with E-state index < -0.39 is 0 Å². The van der Waals surface area contributed by atoms with Gasteiger partial charge in [0.15, 0.2) is 0 Å². The molecule has 0 spiro atoms. The molecule has 0 aromatic carbocycles. The monoisotopic (exact) mass is 121 g/mol. The van der Waals surface area contributed by atoms with Gasteiger partial charge in [-0.2, -0.15) is 0 Å². The third-order valence-corrected chi connectivity index (χ3v) is 3.05. The predicted molar refractivity (Wildman–Crippen MR) is 38.7 cm³/mol. The van der Waals surface area contributed by atoms with Crippen LogP contribution in [0, 0.1) is 30.6 Å². The fourth-order valence-electron chi connectivity index (χ4n) is 2.17. The van der Waals surface area contributed by atoms with Crippen molar-refractivity contribution < 1.29 is 0 Å². The minimum atomic E-state index is 0.708. The summed E-state index contributed by atoms with van der Waals surface area (Å²) in [6.45, 7) is 6.48. The molecule has 0 heteroatoms. The van der Waals surface area contributed by atoms with Crippen molar-refractivity contribution in [3.63, 3.8) is 0 Å². The molecule has 0 aliphatic heterocycles. The quantitative estimate of drug-likeness (QED) is 0.431. The highest BCUT2D eigenvalue weighted by Gasteiger charge is 2.38. The molecule has 49 valence electrons. The van der Waals surface area contributed by atoms with E-state index in [0.29, 0.717) is 5.92 Å². The number of fused-ring (bicyclic) bond motifs is 2. The van der Waals surface area contributed by atoms with Crippen LogP contribution in [0.3, 0.4) is 0 Å². The SMILES string of the molecule is [CH2]C1C2C=CC(C2)C1C. The van der Waals surface area contributed by atoms with Crippen molar-refractivity contribution in [2.24, 2.45) is 23.7 Å². The summed E-state index contributed by atoms with van der Waals surface area (Å²) in [5.74, 6) is 3.25. The average molecular weight is 121 g/mol. The highest BCUT2D eigenvalue weighted by Crippen LogP contribution is 2.46. The van der Waals surface area contributed by atoms with Gasteiger partial charge in [-0.1, -0.05) is 19.1 Å². The van der Waals surface area contributed by atoms with Crippen molar-refractivity contribution in [2.45, 2.75) is 13.3 Å². The lowest BCUT2D eigenvalue weighted by Gasteiger charge is -2.19. The summed E-state index contributed by atoms with van der Waals surface area (Å²) >= 11 is 0. The highest BCUT2D eigenvalue weighted by atomic mass is 14.4. The van der Waals surface area contributed by atoms with Crippen LogP contribution < -0.4 is 0 Å². The molecule has 0 aromatic heterocycles. The lowest BCUT2D eigenvalue weighted by atomic mass is 9.86. The summed E-state index contributed by atoms with van der Waals surface area (Å²) in [5, 5.41) is 0. The van der Waals surface area contributed by atoms with Gasteiger partial charge in [-0.25, -0.2) is 0 Å². The molecule has 4 unspecified atom stereocenters. The second-order valence-electron chi connectivity index (χ2n) is 3.47. The lowest BCUT2D eigenvalue weighted by molar-refractivity contribution is 0.400. The number of hydrogen-bond acceptors (Lipinski definition) is 0. The third-order valence-electron chi connectivity index (χ3n) is 3.05. The maximum Gasteiger partial charge on any atom is -0.0197 e. The van der Waals surface area contributed by atoms with Crippen LogP contribution in [0.2, 0.25) is 0 Å². The number of allylic oxidation sites excluding steroid dienone is 2. The van der Waals surface area contributed by atoms with E-state index in [0.717, 1.165) is 17.8 Å². The Bertz CT molecular complexity index is 130. The first-order valence-corrected chi connectivity index (χ1v) is 3.80. The van der Waals surface area contributed by atoms with E-state index in [2.05, 4.69) is 26.0 Å². The number of rotatable bonds is 0. The molecule has 0 aromatic rings. The molecule has 0 N–H and O–H groups in total. The zero-order valence-corrected chi connectivity index (χ0v) is 5.88. The van der Waals surface area contributed by atoms with Gasteiger partial charge < -0.3 is 0 Å². The summed E-state index contributed by atoms with van der Waals surface area (Å²) in [7, 11) is 0. The molecule has 1 saturated carbocycles. The maximum atomic E-state index is 4.15. The van der Waals surface area contributed by atoms with E-state index in [9.17, 15) is 0 Å². The van der Waals surface area contributed by atoms with Gasteiger partial charge in [-0.15, -0.1) is 0 Å². The average Bonchev–Trinajstić information content (AvgIpc) is 2.37. The van der Waals surface area contributed by atoms with Crippen LogP contribution in [0.15, 0.2) is 12.2 Å². The normalized spacial score (nSPS) is 54.9. The van der Waals surface area contributed by atoms with Crippen LogP contribution in [0.4, 0.5) is 0 Å². The zero-order valence-electron chi connectivity index (χ0n) is 5.88. The van der Waals surface area contributed by atoms with Crippen LogP contribution in [-0.4, -0.2) is 0 Å². The van der Waals surface area contributed by atoms with Gasteiger partial charge >= 0.3 is 0 Å². The van der Waals surface area contributed by atoms with Crippen molar-refractivity contribution in [2.75, 3.05) is 0 Å². The Hall–Kier alpha value is -0.260. The van der Waals surface area contributed by atoms with Gasteiger partial charge in [0, 0.05) is 0 Å². The Balaban J connectivity index is 2.26. The fraction of sp³-hybridized carbons (Fsp3) is 0.667. The summed E-state index contributed by atoms with van der Waals surface area (Å²) in [6.07, 6.45) is 6.11. The molecule has 2 aliphatic carbocycles. The molecule has 2 bridgehead atoms. The van der Waals surface area contributed by atoms with Gasteiger partial charge in [0.2, 0.25) is 0 Å². The van der Waals surface area contributed by atoms with Crippen LogP contribution in [0.1, 0.15) is 13.3 Å². The van der Waals surface area contributed by atoms with E-state index in [1.807, 2.05) is 0 Å². The molecule has 1 radical (unpaired) electrons. The molecule has 0 heterocycles. The van der Waals surface area contributed by atoms with E-state index in [1.54, 1.807) is 0 Å². The summed E-state index contributed by atoms with van der Waals surface area (Å²) in [6, 6.07) is 0. The van der Waals surface area contributed by atoms with Crippen LogP contribution in [0.25, 0.3) is 0 Å². The topological polar surface area (TPSA) is 0 Å². The van der Waals surface area contributed by atoms with Gasteiger partial charge in [0.1, 0.15) is 0 Å². The molecule has 0 nitrogen and oxygen atoms in total. The molecular formula is C9H13. The van der Waals surface area contributed by atoms with Crippen molar-refractivity contribution in [1.82, 2.24) is 0 Å². The lowest BCUT2D eigenvalue weighted by Crippen LogP contribution is -2.12. The van der Waals surface area contributed by atoms with Gasteiger partial charge in [-0.3, -0.25) is 0 Å². The molecule has 0 amide bonds. The van der Waals surface area contributed by atoms with Crippen molar-refractivity contribution in [3.05, 3.63) is 19.1 Å². The second-order valence-corrected chi connectivity index (χ2v) is 3.47. The molecule has 2 rings (SSSR count). The Labute approximate surface area is 57.0 Å². The standard InChI is InChI=1S/C9H13/c1-6-7(2)9-4-3-8(6)5-9/h3-4,6-9H,1,5H2,2H3. The van der Waals surface area contributed by atoms with E-state index >= 15 is 0 Å². The summed E-state index contributed by atoms with van der Waals surface area (Å²) < 4.78 is 0. The zero-order chi connectivity index (χ0) is 6.43. The Kier molecular flexibility index (Phi) is 0.992. The van der Waals surface area contributed by atoms with Gasteiger partial charge in [0.05, 0.1) is 0 Å². The Morgan fingerprint density at radius 2 is 2.00 bits per heavy atom. The molecule has 0 saturated heterocycles. The molecule has 9 heavy (non-hydrogen) atoms. The molecule has 1 fully saturated rings. The van der Waals surface area contributed by atoms with Gasteiger partial charge in [0.25, 0.3) is 0 Å². The highest BCUT2D eigenvalue weighted by molar-refractivity contribution is 5.13. The fourth-order valence-corrected chi connectivity index (χ4v) is 2.17. The van der Waals surface area contributed by atoms with Crippen molar-refractivity contribution >= 4 is 0 Å². The minimum absolute atomic E-state index is 0.708. The smallest absolute Gasteiger partial charge is 0.0197 e. The maximum absolute atomic E-state index is 4.15. The summed E-state index contributed by atoms with van der Waals surface area (Å²) in [5.41, 5.74) is 0. The molecule has 2 aliphatic rings. The first-order chi connectivity index (χ1) is 4.29. The molecule has 4 atom stereocenters. The van der Waals surface area contributed by atoms with E-state index in [1.165, 1.54) is 6.42 Å². The third kappa shape index (κ3) is 0.593. The van der Waals surface area contributed by atoms with E-state index in [4.69, 9.17) is 0 Å². The largest absolute Gasteiger partial charge is 0.0848 e. The van der Waals surface area contributed by atoms with Gasteiger partial charge in [-0.05, 0) is 37.0 Å². The van der Waals surface area contributed by atoms with Crippen LogP contribution >= 0.6 is 0 Å².